The molecule has 2 bridgehead atoms. The molecule has 2 fully saturated rings. The van der Waals surface area contributed by atoms with Gasteiger partial charge in [-0.25, -0.2) is 4.79 Å². The van der Waals surface area contributed by atoms with Gasteiger partial charge in [-0.05, 0) is 51.9 Å². The fraction of sp³-hybridized carbons (Fsp3) is 0.812. The van der Waals surface area contributed by atoms with Crippen LogP contribution >= 0.6 is 0 Å². The molecule has 0 saturated carbocycles. The molecule has 4 nitrogen and oxygen atoms in total. The van der Waals surface area contributed by atoms with Gasteiger partial charge in [-0.2, -0.15) is 0 Å². The molecule has 0 spiro atoms. The number of carbonyl (C=O) groups is 1. The van der Waals surface area contributed by atoms with Gasteiger partial charge in [-0.3, -0.25) is 0 Å². The number of carbonyl (C=O) groups excluding carboxylic acids is 1. The molecule has 20 heavy (non-hydrogen) atoms. The predicted octanol–water partition coefficient (Wildman–Crippen LogP) is 2.69. The third-order valence-corrected chi connectivity index (χ3v) is 5.11. The summed E-state index contributed by atoms with van der Waals surface area (Å²) in [4.78, 5) is 14.1. The van der Waals surface area contributed by atoms with Crippen molar-refractivity contribution < 1.29 is 9.53 Å². The number of fused-ring (bicyclic) bond motifs is 2. The van der Waals surface area contributed by atoms with Crippen LogP contribution in [0.2, 0.25) is 0 Å². The summed E-state index contributed by atoms with van der Waals surface area (Å²) in [6.07, 6.45) is 8.03. The first-order chi connectivity index (χ1) is 9.69. The summed E-state index contributed by atoms with van der Waals surface area (Å²) in [7, 11) is 0. The maximum Gasteiger partial charge on any atom is 0.410 e. The fourth-order valence-corrected chi connectivity index (χ4v) is 4.21. The van der Waals surface area contributed by atoms with Gasteiger partial charge < -0.3 is 15.0 Å². The lowest BCUT2D eigenvalue weighted by atomic mass is 9.81. The zero-order valence-corrected chi connectivity index (χ0v) is 12.6. The van der Waals surface area contributed by atoms with E-state index in [0.717, 1.165) is 32.2 Å². The highest BCUT2D eigenvalue weighted by Crippen LogP contribution is 2.42. The maximum absolute atomic E-state index is 12.1. The number of nitrogens with zero attached hydrogens (tertiary/aromatic N) is 1. The summed E-state index contributed by atoms with van der Waals surface area (Å²) in [5, 5.41) is 3.47. The van der Waals surface area contributed by atoms with Crippen LogP contribution in [0.4, 0.5) is 4.79 Å². The second-order valence-electron chi connectivity index (χ2n) is 6.45. The van der Waals surface area contributed by atoms with E-state index in [2.05, 4.69) is 18.3 Å². The highest BCUT2D eigenvalue weighted by molar-refractivity contribution is 5.69. The van der Waals surface area contributed by atoms with Crippen molar-refractivity contribution in [1.82, 2.24) is 10.2 Å². The molecule has 0 aliphatic carbocycles. The standard InChI is InChI=1S/C16H26N2O2/c1-3-20-16(19)18-14-4-5-15(18)10-13(9-14)12-6-7-17-11(2)8-12/h6,11,13-15,17H,3-5,7-10H2,1-2H3/t11-,13?,14?,15?/m0/s1. The molecular weight excluding hydrogens is 252 g/mol. The highest BCUT2D eigenvalue weighted by atomic mass is 16.6. The van der Waals surface area contributed by atoms with Crippen molar-refractivity contribution in [2.45, 2.75) is 64.1 Å². The molecule has 0 aromatic carbocycles. The number of rotatable bonds is 2. The molecule has 1 amide bonds. The maximum atomic E-state index is 12.1. The monoisotopic (exact) mass is 278 g/mol. The van der Waals surface area contributed by atoms with Crippen LogP contribution in [0.25, 0.3) is 0 Å². The van der Waals surface area contributed by atoms with E-state index in [1.807, 2.05) is 11.8 Å². The molecule has 0 aromatic rings. The summed E-state index contributed by atoms with van der Waals surface area (Å²) in [5.74, 6) is 0.683. The van der Waals surface area contributed by atoms with Gasteiger partial charge in [0.1, 0.15) is 0 Å². The Morgan fingerprint density at radius 1 is 1.40 bits per heavy atom. The zero-order chi connectivity index (χ0) is 14.1. The Kier molecular flexibility index (Phi) is 4.01. The summed E-state index contributed by atoms with van der Waals surface area (Å²) >= 11 is 0. The second kappa shape index (κ2) is 5.76. The van der Waals surface area contributed by atoms with E-state index >= 15 is 0 Å². The molecule has 3 atom stereocenters. The Bertz CT molecular complexity index is 393. The Labute approximate surface area is 121 Å². The van der Waals surface area contributed by atoms with E-state index in [-0.39, 0.29) is 6.09 Å². The van der Waals surface area contributed by atoms with Gasteiger partial charge in [0.15, 0.2) is 0 Å². The van der Waals surface area contributed by atoms with Crippen LogP contribution in [0.5, 0.6) is 0 Å². The average molecular weight is 278 g/mol. The van der Waals surface area contributed by atoms with Crippen molar-refractivity contribution in [3.8, 4) is 0 Å². The number of hydrogen-bond acceptors (Lipinski definition) is 3. The van der Waals surface area contributed by atoms with Crippen molar-refractivity contribution in [1.29, 1.82) is 0 Å². The second-order valence-corrected chi connectivity index (χ2v) is 6.45. The van der Waals surface area contributed by atoms with Crippen molar-refractivity contribution in [2.24, 2.45) is 5.92 Å². The topological polar surface area (TPSA) is 41.6 Å². The molecule has 2 unspecified atom stereocenters. The van der Waals surface area contributed by atoms with Gasteiger partial charge in [0, 0.05) is 24.7 Å². The van der Waals surface area contributed by atoms with Gasteiger partial charge >= 0.3 is 6.09 Å². The van der Waals surface area contributed by atoms with Crippen LogP contribution in [0, 0.1) is 5.92 Å². The number of piperidine rings is 1. The highest BCUT2D eigenvalue weighted by Gasteiger charge is 2.44. The summed E-state index contributed by atoms with van der Waals surface area (Å²) < 4.78 is 5.22. The van der Waals surface area contributed by atoms with Crippen LogP contribution in [0.15, 0.2) is 11.6 Å². The van der Waals surface area contributed by atoms with Crippen molar-refractivity contribution in [3.05, 3.63) is 11.6 Å². The molecule has 3 aliphatic rings. The first kappa shape index (κ1) is 13.9. The van der Waals surface area contributed by atoms with Crippen LogP contribution < -0.4 is 5.32 Å². The van der Waals surface area contributed by atoms with E-state index in [4.69, 9.17) is 4.74 Å². The smallest absolute Gasteiger partial charge is 0.410 e. The lowest BCUT2D eigenvalue weighted by molar-refractivity contribution is 0.0641. The Balaban J connectivity index is 1.67. The predicted molar refractivity (Wildman–Crippen MR) is 78.6 cm³/mol. The normalized spacial score (nSPS) is 36.7. The number of ether oxygens (including phenoxy) is 1. The molecular formula is C16H26N2O2. The largest absolute Gasteiger partial charge is 0.450 e. The Hall–Kier alpha value is -1.03. The third kappa shape index (κ3) is 2.58. The van der Waals surface area contributed by atoms with E-state index in [1.165, 1.54) is 6.42 Å². The number of amides is 1. The molecule has 0 aromatic heterocycles. The fourth-order valence-electron chi connectivity index (χ4n) is 4.21. The lowest BCUT2D eigenvalue weighted by Crippen LogP contribution is -2.47. The van der Waals surface area contributed by atoms with Gasteiger partial charge in [-0.15, -0.1) is 0 Å². The molecule has 3 rings (SSSR count). The lowest BCUT2D eigenvalue weighted by Gasteiger charge is -2.40. The summed E-state index contributed by atoms with van der Waals surface area (Å²) in [6, 6.07) is 1.41. The van der Waals surface area contributed by atoms with E-state index in [1.54, 1.807) is 5.57 Å². The summed E-state index contributed by atoms with van der Waals surface area (Å²) in [5.41, 5.74) is 1.62. The van der Waals surface area contributed by atoms with Crippen LogP contribution in [-0.4, -0.2) is 42.3 Å². The quantitative estimate of drug-likeness (QED) is 0.790. The van der Waals surface area contributed by atoms with Crippen molar-refractivity contribution >= 4 is 6.09 Å². The molecule has 112 valence electrons. The van der Waals surface area contributed by atoms with Crippen molar-refractivity contribution in [2.75, 3.05) is 13.2 Å². The van der Waals surface area contributed by atoms with Gasteiger partial charge in [0.05, 0.1) is 6.61 Å². The first-order valence-electron chi connectivity index (χ1n) is 8.06. The molecule has 2 saturated heterocycles. The van der Waals surface area contributed by atoms with Gasteiger partial charge in [-0.1, -0.05) is 11.6 Å². The van der Waals surface area contributed by atoms with E-state index in [0.29, 0.717) is 30.7 Å². The zero-order valence-electron chi connectivity index (χ0n) is 12.6. The van der Waals surface area contributed by atoms with E-state index in [9.17, 15) is 4.79 Å². The Morgan fingerprint density at radius 3 is 2.70 bits per heavy atom. The van der Waals surface area contributed by atoms with Crippen molar-refractivity contribution in [3.63, 3.8) is 0 Å². The number of hydrogen-bond donors (Lipinski definition) is 1. The van der Waals surface area contributed by atoms with E-state index < -0.39 is 0 Å². The van der Waals surface area contributed by atoms with Gasteiger partial charge in [0.25, 0.3) is 0 Å². The SMILES string of the molecule is CCOC(=O)N1C2CCC1CC(C1=CCN[C@@H](C)C1)C2. The molecule has 1 N–H and O–H groups in total. The minimum atomic E-state index is -0.0916. The van der Waals surface area contributed by atoms with Crippen LogP contribution in [0.3, 0.4) is 0 Å². The molecule has 3 heterocycles. The minimum Gasteiger partial charge on any atom is -0.450 e. The third-order valence-electron chi connectivity index (χ3n) is 5.11. The number of nitrogens with one attached hydrogen (secondary N) is 1. The molecule has 0 radical (unpaired) electrons. The Morgan fingerprint density at radius 2 is 2.10 bits per heavy atom. The molecule has 4 heteroatoms. The first-order valence-corrected chi connectivity index (χ1v) is 8.06. The van der Waals surface area contributed by atoms with Crippen LogP contribution in [-0.2, 0) is 4.74 Å². The molecule has 3 aliphatic heterocycles. The summed E-state index contributed by atoms with van der Waals surface area (Å²) in [6.45, 7) is 5.62. The average Bonchev–Trinajstić information content (AvgIpc) is 2.70. The minimum absolute atomic E-state index is 0.0916. The van der Waals surface area contributed by atoms with Crippen LogP contribution in [0.1, 0.15) is 46.0 Å². The van der Waals surface area contributed by atoms with Gasteiger partial charge in [0.2, 0.25) is 0 Å².